The first-order valence-electron chi connectivity index (χ1n) is 6.52. The lowest BCUT2D eigenvalue weighted by Crippen LogP contribution is -2.12. The van der Waals surface area contributed by atoms with Crippen molar-refractivity contribution in [3.8, 4) is 5.75 Å². The number of hydrogen-bond donors (Lipinski definition) is 1. The third-order valence-corrected chi connectivity index (χ3v) is 2.83. The Bertz CT molecular complexity index is 484. The van der Waals surface area contributed by atoms with Gasteiger partial charge in [-0.05, 0) is 23.1 Å². The van der Waals surface area contributed by atoms with E-state index in [-0.39, 0.29) is 5.41 Å². The van der Waals surface area contributed by atoms with Crippen molar-refractivity contribution in [1.29, 1.82) is 0 Å². The number of carboxylic acid groups (broad SMARTS) is 1. The van der Waals surface area contributed by atoms with Crippen molar-refractivity contribution < 1.29 is 19.4 Å². The average Bonchev–Trinajstić information content (AvgIpc) is 2.36. The van der Waals surface area contributed by atoms with E-state index < -0.39 is 5.97 Å². The van der Waals surface area contributed by atoms with Gasteiger partial charge < -0.3 is 14.6 Å². The summed E-state index contributed by atoms with van der Waals surface area (Å²) in [4.78, 5) is 10.6. The highest BCUT2D eigenvalue weighted by Crippen LogP contribution is 2.29. The van der Waals surface area contributed by atoms with Gasteiger partial charge in [-0.2, -0.15) is 0 Å². The molecule has 0 unspecified atom stereocenters. The molecule has 0 fully saturated rings. The van der Waals surface area contributed by atoms with Crippen LogP contribution in [0.3, 0.4) is 0 Å². The first-order chi connectivity index (χ1) is 9.34. The smallest absolute Gasteiger partial charge is 0.328 e. The Morgan fingerprint density at radius 1 is 1.30 bits per heavy atom. The van der Waals surface area contributed by atoms with Gasteiger partial charge in [0, 0.05) is 18.7 Å². The lowest BCUT2D eigenvalue weighted by molar-refractivity contribution is -0.131. The molecule has 0 aromatic heterocycles. The fourth-order valence-corrected chi connectivity index (χ4v) is 1.66. The summed E-state index contributed by atoms with van der Waals surface area (Å²) < 4.78 is 10.6. The molecular weight excluding hydrogens is 256 g/mol. The molecule has 1 aromatic rings. The number of rotatable bonds is 6. The topological polar surface area (TPSA) is 55.8 Å². The van der Waals surface area contributed by atoms with E-state index in [2.05, 4.69) is 20.8 Å². The molecule has 20 heavy (non-hydrogen) atoms. The Labute approximate surface area is 120 Å². The molecule has 4 nitrogen and oxygen atoms in total. The number of methoxy groups -OCH3 is 1. The van der Waals surface area contributed by atoms with E-state index in [1.165, 1.54) is 6.08 Å². The number of carbonyl (C=O) groups is 1. The van der Waals surface area contributed by atoms with Crippen LogP contribution in [0.25, 0.3) is 6.08 Å². The highest BCUT2D eigenvalue weighted by Gasteiger charge is 2.15. The summed E-state index contributed by atoms with van der Waals surface area (Å²) in [7, 11) is 1.61. The van der Waals surface area contributed by atoms with E-state index in [0.29, 0.717) is 19.0 Å². The van der Waals surface area contributed by atoms with Crippen LogP contribution in [-0.4, -0.2) is 31.4 Å². The summed E-state index contributed by atoms with van der Waals surface area (Å²) in [5.74, 6) is -0.306. The average molecular weight is 278 g/mol. The van der Waals surface area contributed by atoms with E-state index in [9.17, 15) is 4.79 Å². The zero-order chi connectivity index (χ0) is 15.2. The van der Waals surface area contributed by atoms with E-state index in [0.717, 1.165) is 17.2 Å². The molecule has 0 aliphatic rings. The maximum Gasteiger partial charge on any atom is 0.328 e. The molecule has 0 heterocycles. The van der Waals surface area contributed by atoms with Crippen molar-refractivity contribution in [2.45, 2.75) is 26.2 Å². The van der Waals surface area contributed by atoms with Gasteiger partial charge >= 0.3 is 5.97 Å². The quantitative estimate of drug-likeness (QED) is 0.641. The molecule has 0 aliphatic heterocycles. The van der Waals surface area contributed by atoms with E-state index in [4.69, 9.17) is 14.6 Å². The van der Waals surface area contributed by atoms with E-state index in [1.807, 2.05) is 18.2 Å². The zero-order valence-electron chi connectivity index (χ0n) is 12.5. The Kier molecular flexibility index (Phi) is 5.77. The van der Waals surface area contributed by atoms with Crippen LogP contribution < -0.4 is 4.74 Å². The summed E-state index contributed by atoms with van der Waals surface area (Å²) in [6.45, 7) is 7.27. The Balaban J connectivity index is 3.06. The lowest BCUT2D eigenvalue weighted by atomic mass is 9.86. The SMILES string of the molecule is COCCOc1cc(C(C)(C)C)ccc1/C=C/C(=O)O. The van der Waals surface area contributed by atoms with Gasteiger partial charge in [0.1, 0.15) is 12.4 Å². The van der Waals surface area contributed by atoms with Crippen LogP contribution in [-0.2, 0) is 14.9 Å². The summed E-state index contributed by atoms with van der Waals surface area (Å²) >= 11 is 0. The van der Waals surface area contributed by atoms with Crippen molar-refractivity contribution in [2.24, 2.45) is 0 Å². The first-order valence-corrected chi connectivity index (χ1v) is 6.52. The number of aliphatic carboxylic acids is 1. The molecular formula is C16H22O4. The minimum atomic E-state index is -0.979. The summed E-state index contributed by atoms with van der Waals surface area (Å²) in [6, 6.07) is 5.82. The van der Waals surface area contributed by atoms with Crippen LogP contribution >= 0.6 is 0 Å². The van der Waals surface area contributed by atoms with Gasteiger partial charge in [0.15, 0.2) is 0 Å². The van der Waals surface area contributed by atoms with Crippen molar-refractivity contribution >= 4 is 12.0 Å². The standard InChI is InChI=1S/C16H22O4/c1-16(2,3)13-7-5-12(6-8-15(17)18)14(11-13)20-10-9-19-4/h5-8,11H,9-10H2,1-4H3,(H,17,18)/b8-6+. The zero-order valence-corrected chi connectivity index (χ0v) is 12.5. The molecule has 0 spiro atoms. The maximum atomic E-state index is 10.6. The summed E-state index contributed by atoms with van der Waals surface area (Å²) in [5, 5.41) is 8.72. The van der Waals surface area contributed by atoms with Crippen molar-refractivity contribution in [1.82, 2.24) is 0 Å². The molecule has 1 rings (SSSR count). The molecule has 0 saturated carbocycles. The summed E-state index contributed by atoms with van der Waals surface area (Å²) in [6.07, 6.45) is 2.65. The van der Waals surface area contributed by atoms with Gasteiger partial charge in [-0.3, -0.25) is 0 Å². The molecule has 0 atom stereocenters. The van der Waals surface area contributed by atoms with Crippen LogP contribution in [0, 0.1) is 0 Å². The molecule has 110 valence electrons. The van der Waals surface area contributed by atoms with Crippen molar-refractivity contribution in [2.75, 3.05) is 20.3 Å². The molecule has 0 bridgehead atoms. The van der Waals surface area contributed by atoms with Crippen LogP contribution in [0.1, 0.15) is 31.9 Å². The normalized spacial score (nSPS) is 11.8. The largest absolute Gasteiger partial charge is 0.491 e. The van der Waals surface area contributed by atoms with Crippen LogP contribution in [0.2, 0.25) is 0 Å². The lowest BCUT2D eigenvalue weighted by Gasteiger charge is -2.21. The van der Waals surface area contributed by atoms with Gasteiger partial charge in [0.2, 0.25) is 0 Å². The third-order valence-electron chi connectivity index (χ3n) is 2.83. The number of benzene rings is 1. The second-order valence-electron chi connectivity index (χ2n) is 5.52. The fraction of sp³-hybridized carbons (Fsp3) is 0.438. The Morgan fingerprint density at radius 3 is 2.55 bits per heavy atom. The molecule has 1 N–H and O–H groups in total. The van der Waals surface area contributed by atoms with E-state index in [1.54, 1.807) is 7.11 Å². The van der Waals surface area contributed by atoms with Gasteiger partial charge in [0.05, 0.1) is 6.61 Å². The van der Waals surface area contributed by atoms with Crippen LogP contribution in [0.15, 0.2) is 24.3 Å². The monoisotopic (exact) mass is 278 g/mol. The van der Waals surface area contributed by atoms with Gasteiger partial charge in [-0.15, -0.1) is 0 Å². The highest BCUT2D eigenvalue weighted by molar-refractivity contribution is 5.85. The molecule has 0 saturated heterocycles. The van der Waals surface area contributed by atoms with Crippen LogP contribution in [0.5, 0.6) is 5.75 Å². The fourth-order valence-electron chi connectivity index (χ4n) is 1.66. The minimum Gasteiger partial charge on any atom is -0.491 e. The molecule has 0 aliphatic carbocycles. The second kappa shape index (κ2) is 7.10. The van der Waals surface area contributed by atoms with Gasteiger partial charge in [-0.1, -0.05) is 32.9 Å². The summed E-state index contributed by atoms with van der Waals surface area (Å²) in [5.41, 5.74) is 1.89. The second-order valence-corrected chi connectivity index (χ2v) is 5.52. The predicted molar refractivity (Wildman–Crippen MR) is 79.2 cm³/mol. The maximum absolute atomic E-state index is 10.6. The van der Waals surface area contributed by atoms with Crippen molar-refractivity contribution in [3.63, 3.8) is 0 Å². The Morgan fingerprint density at radius 2 is 2.00 bits per heavy atom. The third kappa shape index (κ3) is 5.05. The van der Waals surface area contributed by atoms with Gasteiger partial charge in [-0.25, -0.2) is 4.79 Å². The highest BCUT2D eigenvalue weighted by atomic mass is 16.5. The number of carboxylic acids is 1. The number of hydrogen-bond acceptors (Lipinski definition) is 3. The molecule has 0 radical (unpaired) electrons. The van der Waals surface area contributed by atoms with E-state index >= 15 is 0 Å². The molecule has 4 heteroatoms. The number of ether oxygens (including phenoxy) is 2. The van der Waals surface area contributed by atoms with Crippen LogP contribution in [0.4, 0.5) is 0 Å². The molecule has 1 aromatic carbocycles. The van der Waals surface area contributed by atoms with Crippen molar-refractivity contribution in [3.05, 3.63) is 35.4 Å². The first kappa shape index (κ1) is 16.2. The minimum absolute atomic E-state index is 0.00834. The molecule has 0 amide bonds. The Hall–Kier alpha value is -1.81. The predicted octanol–water partition coefficient (Wildman–Crippen LogP) is 3.11. The van der Waals surface area contributed by atoms with Gasteiger partial charge in [0.25, 0.3) is 0 Å².